The van der Waals surface area contributed by atoms with E-state index in [1.807, 2.05) is 19.9 Å². The van der Waals surface area contributed by atoms with E-state index < -0.39 is 12.0 Å². The van der Waals surface area contributed by atoms with E-state index >= 15 is 0 Å². The van der Waals surface area contributed by atoms with Gasteiger partial charge in [-0.25, -0.2) is 4.79 Å². The Kier molecular flexibility index (Phi) is 6.15. The minimum absolute atomic E-state index is 0.0651. The molecule has 1 atom stereocenters. The maximum absolute atomic E-state index is 11.8. The Morgan fingerprint density at radius 2 is 1.90 bits per heavy atom. The van der Waals surface area contributed by atoms with Crippen molar-refractivity contribution in [1.29, 1.82) is 5.26 Å². The maximum Gasteiger partial charge on any atom is 0.328 e. The molecule has 110 valence electrons. The molecule has 1 aromatic carbocycles. The van der Waals surface area contributed by atoms with Crippen LogP contribution in [0.2, 0.25) is 0 Å². The SMILES string of the molecule is COC(=O)C(NC(=O)/C=C/c1ccc(C#N)cc1)C(C)C. The summed E-state index contributed by atoms with van der Waals surface area (Å²) in [5, 5.41) is 11.3. The molecule has 0 aromatic heterocycles. The van der Waals surface area contributed by atoms with E-state index in [0.29, 0.717) is 5.56 Å². The van der Waals surface area contributed by atoms with E-state index in [4.69, 9.17) is 5.26 Å². The molecule has 1 rings (SSSR count). The van der Waals surface area contributed by atoms with Crippen molar-refractivity contribution >= 4 is 18.0 Å². The minimum atomic E-state index is -0.673. The van der Waals surface area contributed by atoms with E-state index in [1.165, 1.54) is 13.2 Å². The first-order valence-corrected chi connectivity index (χ1v) is 6.54. The number of hydrogen-bond acceptors (Lipinski definition) is 4. The Hall–Kier alpha value is -2.61. The fourth-order valence-corrected chi connectivity index (χ4v) is 1.67. The van der Waals surface area contributed by atoms with Gasteiger partial charge in [-0.2, -0.15) is 5.26 Å². The number of nitriles is 1. The lowest BCUT2D eigenvalue weighted by atomic mass is 10.0. The second-order valence-electron chi connectivity index (χ2n) is 4.82. The number of amides is 1. The molecule has 0 aliphatic heterocycles. The van der Waals surface area contributed by atoms with E-state index in [0.717, 1.165) is 5.56 Å². The number of carbonyl (C=O) groups is 2. The normalized spacial score (nSPS) is 12.0. The predicted octanol–water partition coefficient (Wildman–Crippen LogP) is 1.89. The van der Waals surface area contributed by atoms with Crippen LogP contribution in [0.15, 0.2) is 30.3 Å². The maximum atomic E-state index is 11.8. The van der Waals surface area contributed by atoms with Crippen LogP contribution in [0, 0.1) is 17.2 Å². The highest BCUT2D eigenvalue weighted by Gasteiger charge is 2.23. The summed E-state index contributed by atoms with van der Waals surface area (Å²) in [6, 6.07) is 8.17. The molecular formula is C16H18N2O3. The summed E-state index contributed by atoms with van der Waals surface area (Å²) in [6.07, 6.45) is 2.96. The van der Waals surface area contributed by atoms with Gasteiger partial charge in [-0.1, -0.05) is 26.0 Å². The van der Waals surface area contributed by atoms with Gasteiger partial charge in [0.15, 0.2) is 0 Å². The molecule has 0 fully saturated rings. The number of carbonyl (C=O) groups excluding carboxylic acids is 2. The van der Waals surface area contributed by atoms with Crippen LogP contribution in [0.4, 0.5) is 0 Å². The van der Waals surface area contributed by atoms with Gasteiger partial charge in [0.1, 0.15) is 6.04 Å². The molecule has 0 bridgehead atoms. The first-order chi connectivity index (χ1) is 9.97. The molecule has 0 spiro atoms. The molecule has 1 amide bonds. The second kappa shape index (κ2) is 7.85. The van der Waals surface area contributed by atoms with Gasteiger partial charge >= 0.3 is 5.97 Å². The van der Waals surface area contributed by atoms with Crippen molar-refractivity contribution in [2.45, 2.75) is 19.9 Å². The number of methoxy groups -OCH3 is 1. The quantitative estimate of drug-likeness (QED) is 0.662. The van der Waals surface area contributed by atoms with Gasteiger partial charge in [0.2, 0.25) is 5.91 Å². The number of nitrogens with one attached hydrogen (secondary N) is 1. The highest BCUT2D eigenvalue weighted by Crippen LogP contribution is 2.06. The minimum Gasteiger partial charge on any atom is -0.467 e. The number of hydrogen-bond donors (Lipinski definition) is 1. The summed E-state index contributed by atoms with van der Waals surface area (Å²) in [7, 11) is 1.29. The number of rotatable bonds is 5. The zero-order chi connectivity index (χ0) is 15.8. The Morgan fingerprint density at radius 3 is 2.38 bits per heavy atom. The van der Waals surface area contributed by atoms with Gasteiger partial charge in [-0.05, 0) is 29.7 Å². The molecule has 0 saturated carbocycles. The van der Waals surface area contributed by atoms with Gasteiger partial charge in [0, 0.05) is 6.08 Å². The number of esters is 1. The van der Waals surface area contributed by atoms with Gasteiger partial charge in [0.05, 0.1) is 18.7 Å². The molecule has 1 unspecified atom stereocenters. The fraction of sp³-hybridized carbons (Fsp3) is 0.312. The van der Waals surface area contributed by atoms with Gasteiger partial charge in [0.25, 0.3) is 0 Å². The molecule has 1 N–H and O–H groups in total. The van der Waals surface area contributed by atoms with Crippen molar-refractivity contribution in [3.63, 3.8) is 0 Å². The van der Waals surface area contributed by atoms with Crippen molar-refractivity contribution in [2.24, 2.45) is 5.92 Å². The number of nitrogens with zero attached hydrogens (tertiary/aromatic N) is 1. The summed E-state index contributed by atoms with van der Waals surface area (Å²) in [5.74, 6) is -0.904. The van der Waals surface area contributed by atoms with E-state index in [-0.39, 0.29) is 11.8 Å². The predicted molar refractivity (Wildman–Crippen MR) is 79.0 cm³/mol. The van der Waals surface area contributed by atoms with Crippen LogP contribution in [0.3, 0.4) is 0 Å². The molecular weight excluding hydrogens is 268 g/mol. The molecule has 0 aliphatic carbocycles. The summed E-state index contributed by atoms with van der Waals surface area (Å²) in [4.78, 5) is 23.4. The third-order valence-electron chi connectivity index (χ3n) is 2.89. The summed E-state index contributed by atoms with van der Waals surface area (Å²) in [6.45, 7) is 3.65. The summed E-state index contributed by atoms with van der Waals surface area (Å²) in [5.41, 5.74) is 1.35. The highest BCUT2D eigenvalue weighted by atomic mass is 16.5. The summed E-state index contributed by atoms with van der Waals surface area (Å²) >= 11 is 0. The first kappa shape index (κ1) is 16.4. The highest BCUT2D eigenvalue weighted by molar-refractivity contribution is 5.94. The zero-order valence-electron chi connectivity index (χ0n) is 12.3. The van der Waals surface area contributed by atoms with E-state index in [1.54, 1.807) is 30.3 Å². The smallest absolute Gasteiger partial charge is 0.328 e. The van der Waals surface area contributed by atoms with Crippen LogP contribution in [-0.2, 0) is 14.3 Å². The topological polar surface area (TPSA) is 79.2 Å². The van der Waals surface area contributed by atoms with Crippen LogP contribution < -0.4 is 5.32 Å². The molecule has 0 heterocycles. The second-order valence-corrected chi connectivity index (χ2v) is 4.82. The lowest BCUT2D eigenvalue weighted by Crippen LogP contribution is -2.44. The standard InChI is InChI=1S/C16H18N2O3/c1-11(2)15(16(20)21-3)18-14(19)9-8-12-4-6-13(10-17)7-5-12/h4-9,11,15H,1-3H3,(H,18,19)/b9-8+. The zero-order valence-corrected chi connectivity index (χ0v) is 12.3. The molecule has 0 radical (unpaired) electrons. The third kappa shape index (κ3) is 5.11. The molecule has 21 heavy (non-hydrogen) atoms. The third-order valence-corrected chi connectivity index (χ3v) is 2.89. The molecule has 5 heteroatoms. The Labute approximate surface area is 124 Å². The molecule has 0 aliphatic rings. The van der Waals surface area contributed by atoms with E-state index in [9.17, 15) is 9.59 Å². The van der Waals surface area contributed by atoms with Crippen molar-refractivity contribution in [3.8, 4) is 6.07 Å². The average Bonchev–Trinajstić information content (AvgIpc) is 2.50. The van der Waals surface area contributed by atoms with Crippen LogP contribution in [-0.4, -0.2) is 25.0 Å². The van der Waals surface area contributed by atoms with Crippen LogP contribution in [0.25, 0.3) is 6.08 Å². The van der Waals surface area contributed by atoms with E-state index in [2.05, 4.69) is 10.1 Å². The Balaban J connectivity index is 2.69. The van der Waals surface area contributed by atoms with Gasteiger partial charge < -0.3 is 10.1 Å². The largest absolute Gasteiger partial charge is 0.467 e. The van der Waals surface area contributed by atoms with Crippen molar-refractivity contribution in [3.05, 3.63) is 41.5 Å². The Bertz CT molecular complexity index is 568. The lowest BCUT2D eigenvalue weighted by Gasteiger charge is -2.18. The Morgan fingerprint density at radius 1 is 1.29 bits per heavy atom. The number of ether oxygens (including phenoxy) is 1. The molecule has 1 aromatic rings. The lowest BCUT2D eigenvalue weighted by molar-refractivity contribution is -0.145. The van der Waals surface area contributed by atoms with Gasteiger partial charge in [-0.15, -0.1) is 0 Å². The van der Waals surface area contributed by atoms with Crippen molar-refractivity contribution < 1.29 is 14.3 Å². The fourth-order valence-electron chi connectivity index (χ4n) is 1.67. The van der Waals surface area contributed by atoms with Crippen LogP contribution >= 0.6 is 0 Å². The van der Waals surface area contributed by atoms with Gasteiger partial charge in [-0.3, -0.25) is 4.79 Å². The van der Waals surface area contributed by atoms with Crippen LogP contribution in [0.5, 0.6) is 0 Å². The average molecular weight is 286 g/mol. The van der Waals surface area contributed by atoms with Crippen molar-refractivity contribution in [1.82, 2.24) is 5.32 Å². The number of benzene rings is 1. The first-order valence-electron chi connectivity index (χ1n) is 6.54. The van der Waals surface area contributed by atoms with Crippen molar-refractivity contribution in [2.75, 3.05) is 7.11 Å². The molecule has 5 nitrogen and oxygen atoms in total. The molecule has 0 saturated heterocycles. The summed E-state index contributed by atoms with van der Waals surface area (Å²) < 4.78 is 4.65. The monoisotopic (exact) mass is 286 g/mol. The van der Waals surface area contributed by atoms with Crippen LogP contribution in [0.1, 0.15) is 25.0 Å².